The average Bonchev–Trinajstić information content (AvgIpc) is 2.99. The van der Waals surface area contributed by atoms with Crippen LogP contribution in [0, 0.1) is 0 Å². The van der Waals surface area contributed by atoms with Gasteiger partial charge in [0.25, 0.3) is 5.91 Å². The van der Waals surface area contributed by atoms with Crippen LogP contribution >= 0.6 is 0 Å². The van der Waals surface area contributed by atoms with E-state index in [1.54, 1.807) is 10.7 Å². The van der Waals surface area contributed by atoms with E-state index in [-0.39, 0.29) is 5.69 Å². The Kier molecular flexibility index (Phi) is 2.93. The quantitative estimate of drug-likeness (QED) is 0.757. The number of para-hydroxylation sites is 1. The molecule has 0 aliphatic carbocycles. The van der Waals surface area contributed by atoms with Crippen LogP contribution in [0.1, 0.15) is 10.5 Å². The average molecular weight is 297 g/mol. The molecule has 1 saturated heterocycles. The second-order valence-electron chi connectivity index (χ2n) is 5.20. The van der Waals surface area contributed by atoms with Gasteiger partial charge in [-0.05, 0) is 12.1 Å². The SMILES string of the molecule is NC(=O)c1ncn2c1nc(N1CCOCC1)c1ccccc12. The van der Waals surface area contributed by atoms with Crippen LogP contribution in [-0.4, -0.2) is 46.6 Å². The Morgan fingerprint density at radius 2 is 2.00 bits per heavy atom. The minimum Gasteiger partial charge on any atom is -0.378 e. The number of nitrogens with zero attached hydrogens (tertiary/aromatic N) is 4. The molecule has 7 nitrogen and oxygen atoms in total. The van der Waals surface area contributed by atoms with Gasteiger partial charge in [-0.2, -0.15) is 0 Å². The third kappa shape index (κ3) is 1.90. The summed E-state index contributed by atoms with van der Waals surface area (Å²) in [6.07, 6.45) is 1.59. The number of hydrogen-bond donors (Lipinski definition) is 1. The smallest absolute Gasteiger partial charge is 0.271 e. The van der Waals surface area contributed by atoms with Crippen molar-refractivity contribution in [1.82, 2.24) is 14.4 Å². The van der Waals surface area contributed by atoms with E-state index in [0.29, 0.717) is 18.9 Å². The van der Waals surface area contributed by atoms with E-state index in [0.717, 1.165) is 29.8 Å². The molecule has 2 N–H and O–H groups in total. The molecular weight excluding hydrogens is 282 g/mol. The summed E-state index contributed by atoms with van der Waals surface area (Å²) in [5.41, 5.74) is 7.05. The molecule has 0 bridgehead atoms. The Balaban J connectivity index is 2.03. The van der Waals surface area contributed by atoms with Gasteiger partial charge in [-0.1, -0.05) is 12.1 Å². The number of imidazole rings is 1. The number of carbonyl (C=O) groups excluding carboxylic acids is 1. The zero-order chi connectivity index (χ0) is 15.1. The number of fused-ring (bicyclic) bond motifs is 3. The first-order valence-electron chi connectivity index (χ1n) is 7.14. The maximum absolute atomic E-state index is 11.6. The first-order valence-corrected chi connectivity index (χ1v) is 7.14. The van der Waals surface area contributed by atoms with E-state index in [1.807, 2.05) is 24.3 Å². The molecular formula is C15H15N5O2. The van der Waals surface area contributed by atoms with Crippen LogP contribution in [0.2, 0.25) is 0 Å². The molecule has 1 amide bonds. The fraction of sp³-hybridized carbons (Fsp3) is 0.267. The number of nitrogens with two attached hydrogens (primary N) is 1. The standard InChI is InChI=1S/C15H15N5O2/c16-13(21)12-15-18-14(19-5-7-22-8-6-19)10-3-1-2-4-11(10)20(15)9-17-12/h1-4,9H,5-8H2,(H2,16,21). The van der Waals surface area contributed by atoms with Gasteiger partial charge in [0.2, 0.25) is 0 Å². The molecule has 112 valence electrons. The lowest BCUT2D eigenvalue weighted by Gasteiger charge is -2.29. The lowest BCUT2D eigenvalue weighted by Crippen LogP contribution is -2.37. The molecule has 2 aromatic heterocycles. The van der Waals surface area contributed by atoms with Gasteiger partial charge >= 0.3 is 0 Å². The second-order valence-corrected chi connectivity index (χ2v) is 5.20. The molecule has 1 aliphatic rings. The Morgan fingerprint density at radius 1 is 1.23 bits per heavy atom. The fourth-order valence-electron chi connectivity index (χ4n) is 2.85. The van der Waals surface area contributed by atoms with Gasteiger partial charge in [0, 0.05) is 18.5 Å². The molecule has 0 radical (unpaired) electrons. The van der Waals surface area contributed by atoms with Crippen molar-refractivity contribution in [3.05, 3.63) is 36.3 Å². The number of ether oxygens (including phenoxy) is 1. The number of primary amides is 1. The summed E-state index contributed by atoms with van der Waals surface area (Å²) >= 11 is 0. The highest BCUT2D eigenvalue weighted by Crippen LogP contribution is 2.27. The number of amides is 1. The number of benzene rings is 1. The molecule has 0 atom stereocenters. The van der Waals surface area contributed by atoms with E-state index >= 15 is 0 Å². The zero-order valence-corrected chi connectivity index (χ0v) is 11.9. The summed E-state index contributed by atoms with van der Waals surface area (Å²) in [7, 11) is 0. The van der Waals surface area contributed by atoms with Crippen molar-refractivity contribution < 1.29 is 9.53 Å². The van der Waals surface area contributed by atoms with E-state index < -0.39 is 5.91 Å². The maximum Gasteiger partial charge on any atom is 0.271 e. The monoisotopic (exact) mass is 297 g/mol. The van der Waals surface area contributed by atoms with Crippen LogP contribution < -0.4 is 10.6 Å². The number of aromatic nitrogens is 3. The third-order valence-corrected chi connectivity index (χ3v) is 3.90. The maximum atomic E-state index is 11.6. The molecule has 1 aliphatic heterocycles. The molecule has 7 heteroatoms. The van der Waals surface area contributed by atoms with Crippen molar-refractivity contribution in [1.29, 1.82) is 0 Å². The molecule has 3 aromatic rings. The molecule has 22 heavy (non-hydrogen) atoms. The molecule has 0 saturated carbocycles. The van der Waals surface area contributed by atoms with E-state index in [2.05, 4.69) is 14.9 Å². The summed E-state index contributed by atoms with van der Waals surface area (Å²) in [6, 6.07) is 7.94. The van der Waals surface area contributed by atoms with Crippen LogP contribution in [0.4, 0.5) is 5.82 Å². The van der Waals surface area contributed by atoms with Crippen LogP contribution in [0.3, 0.4) is 0 Å². The van der Waals surface area contributed by atoms with Crippen molar-refractivity contribution in [3.63, 3.8) is 0 Å². The normalized spacial score (nSPS) is 15.5. The first-order chi connectivity index (χ1) is 10.8. The summed E-state index contributed by atoms with van der Waals surface area (Å²) in [6.45, 7) is 2.88. The lowest BCUT2D eigenvalue weighted by atomic mass is 10.2. The van der Waals surface area contributed by atoms with Crippen molar-refractivity contribution in [2.75, 3.05) is 31.2 Å². The van der Waals surface area contributed by atoms with Crippen molar-refractivity contribution in [2.45, 2.75) is 0 Å². The van der Waals surface area contributed by atoms with Crippen molar-refractivity contribution in [2.24, 2.45) is 5.73 Å². The third-order valence-electron chi connectivity index (χ3n) is 3.90. The number of morpholine rings is 1. The topological polar surface area (TPSA) is 85.8 Å². The first kappa shape index (κ1) is 13.0. The summed E-state index contributed by atoms with van der Waals surface area (Å²) in [5.74, 6) is 0.271. The van der Waals surface area contributed by atoms with E-state index in [1.165, 1.54) is 0 Å². The van der Waals surface area contributed by atoms with Crippen LogP contribution in [0.25, 0.3) is 16.6 Å². The highest BCUT2D eigenvalue weighted by molar-refractivity contribution is 6.00. The number of carbonyl (C=O) groups is 1. The molecule has 3 heterocycles. The van der Waals surface area contributed by atoms with Gasteiger partial charge < -0.3 is 15.4 Å². The van der Waals surface area contributed by atoms with Gasteiger partial charge in [-0.15, -0.1) is 0 Å². The van der Waals surface area contributed by atoms with Crippen molar-refractivity contribution >= 4 is 28.3 Å². The summed E-state index contributed by atoms with van der Waals surface area (Å²) in [4.78, 5) is 22.5. The summed E-state index contributed by atoms with van der Waals surface area (Å²) < 4.78 is 7.21. The Labute approximate surface area is 126 Å². The predicted molar refractivity (Wildman–Crippen MR) is 82.0 cm³/mol. The largest absolute Gasteiger partial charge is 0.378 e. The van der Waals surface area contributed by atoms with Gasteiger partial charge in [0.1, 0.15) is 12.1 Å². The van der Waals surface area contributed by atoms with Crippen LogP contribution in [0.15, 0.2) is 30.6 Å². The molecule has 1 fully saturated rings. The zero-order valence-electron chi connectivity index (χ0n) is 11.9. The van der Waals surface area contributed by atoms with Crippen LogP contribution in [-0.2, 0) is 4.74 Å². The summed E-state index contributed by atoms with van der Waals surface area (Å²) in [5, 5.41) is 1.02. The van der Waals surface area contributed by atoms with Gasteiger partial charge in [0.05, 0.1) is 18.7 Å². The molecule has 0 spiro atoms. The van der Waals surface area contributed by atoms with Gasteiger partial charge in [-0.3, -0.25) is 9.20 Å². The molecule has 4 rings (SSSR count). The number of hydrogen-bond acceptors (Lipinski definition) is 5. The Morgan fingerprint density at radius 3 is 2.77 bits per heavy atom. The number of anilines is 1. The fourth-order valence-corrected chi connectivity index (χ4v) is 2.85. The molecule has 1 aromatic carbocycles. The minimum absolute atomic E-state index is 0.195. The van der Waals surface area contributed by atoms with Gasteiger partial charge in [0.15, 0.2) is 11.3 Å². The van der Waals surface area contributed by atoms with E-state index in [9.17, 15) is 4.79 Å². The lowest BCUT2D eigenvalue weighted by molar-refractivity contribution is 0.0997. The molecule has 0 unspecified atom stereocenters. The minimum atomic E-state index is -0.571. The Bertz CT molecular complexity index is 867. The second kappa shape index (κ2) is 4.96. The highest BCUT2D eigenvalue weighted by Gasteiger charge is 2.20. The van der Waals surface area contributed by atoms with Crippen LogP contribution in [0.5, 0.6) is 0 Å². The number of rotatable bonds is 2. The predicted octanol–water partition coefficient (Wildman–Crippen LogP) is 0.818. The van der Waals surface area contributed by atoms with Crippen molar-refractivity contribution in [3.8, 4) is 0 Å². The highest BCUT2D eigenvalue weighted by atomic mass is 16.5. The van der Waals surface area contributed by atoms with Gasteiger partial charge in [-0.25, -0.2) is 9.97 Å². The Hall–Kier alpha value is -2.67. The van der Waals surface area contributed by atoms with E-state index in [4.69, 9.17) is 10.5 Å².